The number of benzene rings is 2. The predicted molar refractivity (Wildman–Crippen MR) is 113 cm³/mol. The highest BCUT2D eigenvalue weighted by Crippen LogP contribution is 2.23. The van der Waals surface area contributed by atoms with E-state index in [-0.39, 0.29) is 17.8 Å². The van der Waals surface area contributed by atoms with Gasteiger partial charge in [-0.05, 0) is 37.6 Å². The van der Waals surface area contributed by atoms with Crippen molar-refractivity contribution in [1.29, 1.82) is 0 Å². The number of amides is 1. The monoisotopic (exact) mass is 439 g/mol. The van der Waals surface area contributed by atoms with Gasteiger partial charge in [0.25, 0.3) is 11.6 Å². The molecule has 3 rings (SSSR count). The van der Waals surface area contributed by atoms with Crippen LogP contribution in [0.2, 0.25) is 0 Å². The Hall–Kier alpha value is -4.21. The lowest BCUT2D eigenvalue weighted by Crippen LogP contribution is -2.22. The summed E-state index contributed by atoms with van der Waals surface area (Å²) in [5.41, 5.74) is 2.12. The number of nitrogens with zero attached hydrogens (tertiary/aromatic N) is 2. The third-order valence-corrected chi connectivity index (χ3v) is 4.58. The second-order valence-corrected chi connectivity index (χ2v) is 6.90. The number of carbonyl (C=O) groups is 2. The van der Waals surface area contributed by atoms with E-state index in [0.717, 1.165) is 11.3 Å². The fourth-order valence-electron chi connectivity index (χ4n) is 2.86. The Labute approximate surface area is 183 Å². The van der Waals surface area contributed by atoms with E-state index < -0.39 is 23.4 Å². The molecular weight excluding hydrogens is 418 g/mol. The molecule has 1 amide bonds. The minimum atomic E-state index is -0.671. The van der Waals surface area contributed by atoms with Crippen molar-refractivity contribution in [3.63, 3.8) is 0 Å². The van der Waals surface area contributed by atoms with Crippen LogP contribution in [-0.2, 0) is 27.4 Å². The number of esters is 1. The van der Waals surface area contributed by atoms with Gasteiger partial charge in [0.05, 0.1) is 22.6 Å². The van der Waals surface area contributed by atoms with Gasteiger partial charge in [-0.2, -0.15) is 0 Å². The molecule has 0 aliphatic carbocycles. The van der Waals surface area contributed by atoms with Crippen LogP contribution in [0, 0.1) is 24.0 Å². The van der Waals surface area contributed by atoms with Crippen LogP contribution in [0.4, 0.5) is 11.4 Å². The Kier molecular flexibility index (Phi) is 7.17. The Balaban J connectivity index is 1.46. The van der Waals surface area contributed by atoms with Gasteiger partial charge in [0.2, 0.25) is 0 Å². The number of para-hydroxylation sites is 2. The van der Waals surface area contributed by atoms with Crippen LogP contribution < -0.4 is 10.1 Å². The fraction of sp³-hybridized carbons (Fsp3) is 0.227. The zero-order valence-electron chi connectivity index (χ0n) is 17.5. The van der Waals surface area contributed by atoms with Gasteiger partial charge >= 0.3 is 5.97 Å². The molecule has 0 bridgehead atoms. The van der Waals surface area contributed by atoms with E-state index in [0.29, 0.717) is 23.7 Å². The van der Waals surface area contributed by atoms with Crippen LogP contribution in [0.25, 0.3) is 0 Å². The molecular formula is C22H21N3O7. The summed E-state index contributed by atoms with van der Waals surface area (Å²) in [5, 5.41) is 17.2. The van der Waals surface area contributed by atoms with Gasteiger partial charge in [-0.1, -0.05) is 29.4 Å². The predicted octanol–water partition coefficient (Wildman–Crippen LogP) is 3.50. The summed E-state index contributed by atoms with van der Waals surface area (Å²) in [6, 6.07) is 12.6. The van der Waals surface area contributed by atoms with E-state index in [2.05, 4.69) is 10.5 Å². The van der Waals surface area contributed by atoms with Crippen molar-refractivity contribution in [2.75, 3.05) is 11.9 Å². The van der Waals surface area contributed by atoms with E-state index in [1.54, 1.807) is 30.3 Å². The van der Waals surface area contributed by atoms with Crippen molar-refractivity contribution in [3.05, 3.63) is 81.2 Å². The third-order valence-electron chi connectivity index (χ3n) is 4.58. The Morgan fingerprint density at radius 1 is 1.12 bits per heavy atom. The zero-order valence-corrected chi connectivity index (χ0v) is 17.5. The Bertz CT molecular complexity index is 1100. The molecule has 1 aromatic heterocycles. The second-order valence-electron chi connectivity index (χ2n) is 6.90. The molecule has 0 saturated carbocycles. The van der Waals surface area contributed by atoms with E-state index in [1.165, 1.54) is 18.2 Å². The number of ether oxygens (including phenoxy) is 2. The van der Waals surface area contributed by atoms with E-state index in [4.69, 9.17) is 14.0 Å². The highest BCUT2D eigenvalue weighted by Gasteiger charge is 2.16. The topological polar surface area (TPSA) is 134 Å². The highest BCUT2D eigenvalue weighted by molar-refractivity contribution is 5.94. The van der Waals surface area contributed by atoms with Crippen LogP contribution in [0.15, 0.2) is 53.1 Å². The maximum absolute atomic E-state index is 12.0. The molecule has 2 aromatic carbocycles. The third kappa shape index (κ3) is 5.91. The number of aryl methyl sites for hydroxylation is 2. The van der Waals surface area contributed by atoms with Gasteiger partial charge in [-0.25, -0.2) is 0 Å². The number of nitro groups is 1. The van der Waals surface area contributed by atoms with Gasteiger partial charge in [0, 0.05) is 6.07 Å². The first-order valence-electron chi connectivity index (χ1n) is 9.66. The Morgan fingerprint density at radius 2 is 1.84 bits per heavy atom. The molecule has 1 N–H and O–H groups in total. The molecule has 10 nitrogen and oxygen atoms in total. The SMILES string of the molecule is Cc1noc(C)c1COc1ccc(CC(=O)OCC(=O)Nc2ccccc2[N+](=O)[O-])cc1. The van der Waals surface area contributed by atoms with Crippen LogP contribution in [0.3, 0.4) is 0 Å². The number of nitro benzene ring substituents is 1. The maximum Gasteiger partial charge on any atom is 0.310 e. The number of hydrogen-bond acceptors (Lipinski definition) is 8. The Morgan fingerprint density at radius 3 is 2.50 bits per heavy atom. The standard InChI is InChI=1S/C22H21N3O7/c1-14-18(15(2)32-24-14)12-30-17-9-7-16(8-10-17)11-22(27)31-13-21(26)23-19-5-3-4-6-20(19)25(28)29/h3-10H,11-13H2,1-2H3,(H,23,26). The van der Waals surface area contributed by atoms with E-state index >= 15 is 0 Å². The van der Waals surface area contributed by atoms with Gasteiger partial charge in [0.1, 0.15) is 23.8 Å². The van der Waals surface area contributed by atoms with Crippen LogP contribution in [-0.4, -0.2) is 28.6 Å². The average Bonchev–Trinajstić information content (AvgIpc) is 3.09. The number of hydrogen-bond donors (Lipinski definition) is 1. The molecule has 0 atom stereocenters. The van der Waals surface area contributed by atoms with Gasteiger partial charge in [0.15, 0.2) is 6.61 Å². The minimum Gasteiger partial charge on any atom is -0.489 e. The molecule has 166 valence electrons. The molecule has 0 aliphatic heterocycles. The minimum absolute atomic E-state index is 0.0331. The maximum atomic E-state index is 12.0. The summed E-state index contributed by atoms with van der Waals surface area (Å²) in [5.74, 6) is 0.0431. The van der Waals surface area contributed by atoms with Crippen molar-refractivity contribution in [3.8, 4) is 5.75 Å². The molecule has 3 aromatic rings. The van der Waals surface area contributed by atoms with E-state index in [1.807, 2.05) is 13.8 Å². The van der Waals surface area contributed by atoms with Crippen LogP contribution in [0.5, 0.6) is 5.75 Å². The van der Waals surface area contributed by atoms with Crippen molar-refractivity contribution >= 4 is 23.3 Å². The molecule has 0 spiro atoms. The number of carbonyl (C=O) groups excluding carboxylic acids is 2. The molecule has 0 radical (unpaired) electrons. The number of aromatic nitrogens is 1. The van der Waals surface area contributed by atoms with Gasteiger partial charge < -0.3 is 19.3 Å². The lowest BCUT2D eigenvalue weighted by atomic mass is 10.1. The van der Waals surface area contributed by atoms with Crippen molar-refractivity contribution in [1.82, 2.24) is 5.16 Å². The van der Waals surface area contributed by atoms with Crippen LogP contribution in [0.1, 0.15) is 22.6 Å². The highest BCUT2D eigenvalue weighted by atomic mass is 16.6. The quantitative estimate of drug-likeness (QED) is 0.304. The van der Waals surface area contributed by atoms with Crippen LogP contribution >= 0.6 is 0 Å². The first-order valence-corrected chi connectivity index (χ1v) is 9.66. The molecule has 32 heavy (non-hydrogen) atoms. The molecule has 0 unspecified atom stereocenters. The van der Waals surface area contributed by atoms with Gasteiger partial charge in [-0.15, -0.1) is 0 Å². The largest absolute Gasteiger partial charge is 0.489 e. The number of nitrogens with one attached hydrogen (secondary N) is 1. The molecule has 1 heterocycles. The molecule has 0 aliphatic rings. The fourth-order valence-corrected chi connectivity index (χ4v) is 2.86. The molecule has 0 fully saturated rings. The smallest absolute Gasteiger partial charge is 0.310 e. The first kappa shape index (κ1) is 22.5. The number of rotatable bonds is 9. The molecule has 10 heteroatoms. The van der Waals surface area contributed by atoms with Crippen molar-refractivity contribution in [2.45, 2.75) is 26.9 Å². The van der Waals surface area contributed by atoms with Gasteiger partial charge in [-0.3, -0.25) is 19.7 Å². The second kappa shape index (κ2) is 10.2. The molecule has 0 saturated heterocycles. The lowest BCUT2D eigenvalue weighted by molar-refractivity contribution is -0.383. The van der Waals surface area contributed by atoms with Crippen molar-refractivity contribution < 1.29 is 28.5 Å². The van der Waals surface area contributed by atoms with Crippen molar-refractivity contribution in [2.24, 2.45) is 0 Å². The van der Waals surface area contributed by atoms with E-state index in [9.17, 15) is 19.7 Å². The lowest BCUT2D eigenvalue weighted by Gasteiger charge is -2.08. The summed E-state index contributed by atoms with van der Waals surface area (Å²) < 4.78 is 15.8. The summed E-state index contributed by atoms with van der Waals surface area (Å²) in [4.78, 5) is 34.4. The summed E-state index contributed by atoms with van der Waals surface area (Å²) >= 11 is 0. The normalized spacial score (nSPS) is 10.4. The summed E-state index contributed by atoms with van der Waals surface area (Å²) in [6.07, 6.45) is -0.0388. The zero-order chi connectivity index (χ0) is 23.1. The average molecular weight is 439 g/mol. The summed E-state index contributed by atoms with van der Waals surface area (Å²) in [7, 11) is 0. The summed E-state index contributed by atoms with van der Waals surface area (Å²) in [6.45, 7) is 3.42. The number of anilines is 1. The first-order chi connectivity index (χ1) is 15.3.